The molecule has 1 aliphatic rings. The van der Waals surface area contributed by atoms with Crippen molar-refractivity contribution in [3.8, 4) is 17.2 Å². The summed E-state index contributed by atoms with van der Waals surface area (Å²) in [6, 6.07) is 3.24. The molecule has 1 aliphatic heterocycles. The molecular weight excluding hydrogens is 268 g/mol. The predicted octanol–water partition coefficient (Wildman–Crippen LogP) is 2.19. The summed E-state index contributed by atoms with van der Waals surface area (Å²) in [7, 11) is 0. The van der Waals surface area contributed by atoms with Crippen LogP contribution in [0.4, 0.5) is 0 Å². The normalized spacial score (nSPS) is 18.0. The van der Waals surface area contributed by atoms with E-state index in [1.165, 1.54) is 6.07 Å². The molecule has 1 saturated heterocycles. The molecule has 4 N–H and O–H groups in total. The second kappa shape index (κ2) is 7.00. The first-order valence-electron chi connectivity index (χ1n) is 7.69. The fourth-order valence-electron chi connectivity index (χ4n) is 2.87. The Hall–Kier alpha value is -1.46. The Kier molecular flexibility index (Phi) is 5.31. The summed E-state index contributed by atoms with van der Waals surface area (Å²) in [5.41, 5.74) is 0.702. The van der Waals surface area contributed by atoms with Crippen LogP contribution in [0.3, 0.4) is 0 Å². The molecule has 1 aromatic carbocycles. The zero-order chi connectivity index (χ0) is 15.4. The lowest BCUT2D eigenvalue weighted by molar-refractivity contribution is 0.156. The molecule has 0 radical (unpaired) electrons. The van der Waals surface area contributed by atoms with Crippen molar-refractivity contribution in [2.45, 2.75) is 32.7 Å². The van der Waals surface area contributed by atoms with Crippen molar-refractivity contribution in [3.63, 3.8) is 0 Å². The lowest BCUT2D eigenvalue weighted by atomic mass is 9.94. The first-order chi connectivity index (χ1) is 10.0. The number of benzene rings is 1. The van der Waals surface area contributed by atoms with Crippen molar-refractivity contribution in [3.05, 3.63) is 17.7 Å². The Bertz CT molecular complexity index is 471. The number of rotatable bonds is 5. The van der Waals surface area contributed by atoms with Gasteiger partial charge in [0.25, 0.3) is 0 Å². The Balaban J connectivity index is 2.27. The minimum atomic E-state index is -0.419. The van der Waals surface area contributed by atoms with Crippen LogP contribution in [-0.4, -0.2) is 46.4 Å². The van der Waals surface area contributed by atoms with E-state index < -0.39 is 5.75 Å². The topological polar surface area (TPSA) is 76.0 Å². The van der Waals surface area contributed by atoms with Gasteiger partial charge in [0.2, 0.25) is 5.75 Å². The average molecular weight is 294 g/mol. The minimum absolute atomic E-state index is 0.0704. The summed E-state index contributed by atoms with van der Waals surface area (Å²) in [6.07, 6.45) is 1.98. The monoisotopic (exact) mass is 294 g/mol. The third-order valence-electron chi connectivity index (χ3n) is 4.13. The molecule has 0 amide bonds. The quantitative estimate of drug-likeness (QED) is 0.626. The van der Waals surface area contributed by atoms with Crippen LogP contribution >= 0.6 is 0 Å². The molecule has 0 aliphatic carbocycles. The van der Waals surface area contributed by atoms with Crippen molar-refractivity contribution in [2.24, 2.45) is 5.92 Å². The van der Waals surface area contributed by atoms with E-state index in [9.17, 15) is 15.3 Å². The Morgan fingerprint density at radius 2 is 1.71 bits per heavy atom. The van der Waals surface area contributed by atoms with Gasteiger partial charge in [-0.1, -0.05) is 13.8 Å². The van der Waals surface area contributed by atoms with Crippen molar-refractivity contribution in [1.82, 2.24) is 10.2 Å². The molecule has 5 nitrogen and oxygen atoms in total. The van der Waals surface area contributed by atoms with Gasteiger partial charge in [-0.2, -0.15) is 0 Å². The van der Waals surface area contributed by atoms with Crippen LogP contribution in [0.25, 0.3) is 0 Å². The van der Waals surface area contributed by atoms with Crippen LogP contribution in [0.2, 0.25) is 0 Å². The maximum atomic E-state index is 10.2. The molecule has 0 unspecified atom stereocenters. The van der Waals surface area contributed by atoms with Crippen LogP contribution in [0.15, 0.2) is 12.1 Å². The van der Waals surface area contributed by atoms with Gasteiger partial charge in [-0.3, -0.25) is 4.90 Å². The first-order valence-corrected chi connectivity index (χ1v) is 7.69. The predicted molar refractivity (Wildman–Crippen MR) is 82.7 cm³/mol. The number of phenols is 3. The summed E-state index contributed by atoms with van der Waals surface area (Å²) in [5.74, 6) is -0.304. The zero-order valence-corrected chi connectivity index (χ0v) is 12.8. The molecular formula is C16H26N2O3. The molecule has 1 atom stereocenters. The SMILES string of the molecule is CC(C)CC[C@@H](c1ccc(O)c(O)c1O)N1CCNCC1. The smallest absolute Gasteiger partial charge is 0.200 e. The average Bonchev–Trinajstić information content (AvgIpc) is 2.48. The maximum absolute atomic E-state index is 10.2. The number of nitrogens with zero attached hydrogens (tertiary/aromatic N) is 1. The van der Waals surface area contributed by atoms with E-state index in [1.54, 1.807) is 6.07 Å². The van der Waals surface area contributed by atoms with Crippen molar-refractivity contribution < 1.29 is 15.3 Å². The van der Waals surface area contributed by atoms with Gasteiger partial charge in [-0.25, -0.2) is 0 Å². The summed E-state index contributed by atoms with van der Waals surface area (Å²) in [6.45, 7) is 8.08. The number of piperazine rings is 1. The molecule has 1 heterocycles. The van der Waals surface area contributed by atoms with E-state index in [1.807, 2.05) is 0 Å². The second-order valence-corrected chi connectivity index (χ2v) is 6.14. The molecule has 0 saturated carbocycles. The molecule has 5 heteroatoms. The van der Waals surface area contributed by atoms with Gasteiger partial charge >= 0.3 is 0 Å². The van der Waals surface area contributed by atoms with Gasteiger partial charge in [0.05, 0.1) is 0 Å². The number of nitrogens with one attached hydrogen (secondary N) is 1. The summed E-state index contributed by atoms with van der Waals surface area (Å²) in [4.78, 5) is 2.34. The highest BCUT2D eigenvalue weighted by molar-refractivity contribution is 5.54. The van der Waals surface area contributed by atoms with Gasteiger partial charge < -0.3 is 20.6 Å². The van der Waals surface area contributed by atoms with E-state index in [-0.39, 0.29) is 17.5 Å². The number of phenolic OH excluding ortho intramolecular Hbond substituents is 3. The van der Waals surface area contributed by atoms with Gasteiger partial charge in [0.15, 0.2) is 11.5 Å². The summed E-state index contributed by atoms with van der Waals surface area (Å²) in [5, 5.41) is 32.8. The zero-order valence-electron chi connectivity index (χ0n) is 12.8. The van der Waals surface area contributed by atoms with E-state index in [0.717, 1.165) is 39.0 Å². The number of hydrogen-bond donors (Lipinski definition) is 4. The van der Waals surface area contributed by atoms with E-state index in [0.29, 0.717) is 11.5 Å². The molecule has 118 valence electrons. The Morgan fingerprint density at radius 3 is 2.33 bits per heavy atom. The van der Waals surface area contributed by atoms with E-state index in [4.69, 9.17) is 0 Å². The van der Waals surface area contributed by atoms with E-state index >= 15 is 0 Å². The highest BCUT2D eigenvalue weighted by Crippen LogP contribution is 2.42. The van der Waals surface area contributed by atoms with Crippen LogP contribution < -0.4 is 5.32 Å². The van der Waals surface area contributed by atoms with Crippen molar-refractivity contribution in [2.75, 3.05) is 26.2 Å². The molecule has 0 bridgehead atoms. The van der Waals surface area contributed by atoms with Crippen LogP contribution in [0.1, 0.15) is 38.3 Å². The lowest BCUT2D eigenvalue weighted by Gasteiger charge is -2.36. The van der Waals surface area contributed by atoms with Gasteiger partial charge in [-0.15, -0.1) is 0 Å². The third kappa shape index (κ3) is 3.80. The molecule has 1 aromatic rings. The fraction of sp³-hybridized carbons (Fsp3) is 0.625. The summed E-state index contributed by atoms with van der Waals surface area (Å²) < 4.78 is 0. The van der Waals surface area contributed by atoms with E-state index in [2.05, 4.69) is 24.1 Å². The van der Waals surface area contributed by atoms with Gasteiger partial charge in [0.1, 0.15) is 0 Å². The number of aromatic hydroxyl groups is 3. The van der Waals surface area contributed by atoms with Crippen LogP contribution in [-0.2, 0) is 0 Å². The van der Waals surface area contributed by atoms with Crippen LogP contribution in [0, 0.1) is 5.92 Å². The molecule has 2 rings (SSSR count). The van der Waals surface area contributed by atoms with Crippen molar-refractivity contribution in [1.29, 1.82) is 0 Å². The lowest BCUT2D eigenvalue weighted by Crippen LogP contribution is -2.45. The van der Waals surface area contributed by atoms with Crippen molar-refractivity contribution >= 4 is 0 Å². The van der Waals surface area contributed by atoms with Crippen LogP contribution in [0.5, 0.6) is 17.2 Å². The van der Waals surface area contributed by atoms with Gasteiger partial charge in [-0.05, 0) is 30.9 Å². The largest absolute Gasteiger partial charge is 0.504 e. The highest BCUT2D eigenvalue weighted by Gasteiger charge is 2.26. The fourth-order valence-corrected chi connectivity index (χ4v) is 2.87. The third-order valence-corrected chi connectivity index (χ3v) is 4.13. The second-order valence-electron chi connectivity index (χ2n) is 6.14. The maximum Gasteiger partial charge on any atom is 0.200 e. The molecule has 0 spiro atoms. The first kappa shape index (κ1) is 15.9. The van der Waals surface area contributed by atoms with Gasteiger partial charge in [0, 0.05) is 37.8 Å². The Morgan fingerprint density at radius 1 is 1.05 bits per heavy atom. The summed E-state index contributed by atoms with van der Waals surface area (Å²) >= 11 is 0. The standard InChI is InChI=1S/C16H26N2O3/c1-11(2)3-5-13(18-9-7-17-8-10-18)12-4-6-14(19)16(21)15(12)20/h4,6,11,13,17,19-21H,3,5,7-10H2,1-2H3/t13-/m0/s1. The Labute approximate surface area is 126 Å². The molecule has 1 fully saturated rings. The molecule has 21 heavy (non-hydrogen) atoms. The molecule has 0 aromatic heterocycles. The minimum Gasteiger partial charge on any atom is -0.504 e. The highest BCUT2D eigenvalue weighted by atomic mass is 16.3. The number of hydrogen-bond acceptors (Lipinski definition) is 5.